The number of nitrogens with zero attached hydrogens (tertiary/aromatic N) is 3. The van der Waals surface area contributed by atoms with Gasteiger partial charge in [-0.1, -0.05) is 30.9 Å². The third-order valence-electron chi connectivity index (χ3n) is 8.28. The summed E-state index contributed by atoms with van der Waals surface area (Å²) in [5.74, 6) is 0.603. The van der Waals surface area contributed by atoms with Gasteiger partial charge in [0.1, 0.15) is 11.8 Å². The molecule has 200 valence electrons. The number of fused-ring (bicyclic) bond motifs is 1. The van der Waals surface area contributed by atoms with Crippen LogP contribution < -0.4 is 21.0 Å². The number of carbonyl (C=O) groups is 2. The van der Waals surface area contributed by atoms with Crippen molar-refractivity contribution < 1.29 is 14.3 Å². The maximum atomic E-state index is 13.7. The number of nitrogens with one attached hydrogen (secondary N) is 2. The quantitative estimate of drug-likeness (QED) is 0.559. The van der Waals surface area contributed by atoms with Gasteiger partial charge >= 0.3 is 0 Å². The van der Waals surface area contributed by atoms with Crippen molar-refractivity contribution in [3.63, 3.8) is 0 Å². The number of benzene rings is 1. The molecule has 4 atom stereocenters. The summed E-state index contributed by atoms with van der Waals surface area (Å²) in [5.41, 5.74) is 4.18. The molecule has 0 bridgehead atoms. The number of nitriles is 1. The summed E-state index contributed by atoms with van der Waals surface area (Å²) >= 11 is 6.19. The number of ether oxygens (including phenoxy) is 1. The molecule has 3 aliphatic rings. The maximum absolute atomic E-state index is 13.7. The molecular weight excluding hydrogens is 506 g/mol. The van der Waals surface area contributed by atoms with Gasteiger partial charge in [-0.25, -0.2) is 5.43 Å². The normalized spacial score (nSPS) is 23.8. The van der Waals surface area contributed by atoms with E-state index < -0.39 is 6.04 Å². The van der Waals surface area contributed by atoms with Crippen molar-refractivity contribution in [1.29, 1.82) is 5.26 Å². The molecule has 5 rings (SSSR count). The molecule has 0 radical (unpaired) electrons. The average Bonchev–Trinajstić information content (AvgIpc) is 3.16. The molecule has 1 aromatic heterocycles. The summed E-state index contributed by atoms with van der Waals surface area (Å²) in [7, 11) is 3.23. The Balaban J connectivity index is 1.43. The SMILES string of the molecule is COc1cn(C(CC2CCC2)C(=O)NC2CCC3C(=O)N(C)NC3C2)c(=O)cc1-c1cc(Cl)ccc1C#N. The van der Waals surface area contributed by atoms with E-state index in [0.29, 0.717) is 59.1 Å². The van der Waals surface area contributed by atoms with Gasteiger partial charge in [-0.15, -0.1) is 0 Å². The van der Waals surface area contributed by atoms with Crippen LogP contribution >= 0.6 is 11.6 Å². The summed E-state index contributed by atoms with van der Waals surface area (Å²) in [6.45, 7) is 0. The monoisotopic (exact) mass is 537 g/mol. The molecular formula is C28H32ClN5O4. The van der Waals surface area contributed by atoms with Crippen molar-refractivity contribution in [2.24, 2.45) is 11.8 Å². The molecule has 2 aromatic rings. The van der Waals surface area contributed by atoms with Crippen LogP contribution in [-0.4, -0.2) is 47.6 Å². The molecule has 38 heavy (non-hydrogen) atoms. The van der Waals surface area contributed by atoms with E-state index in [-0.39, 0.29) is 35.4 Å². The fraction of sp³-hybridized carbons (Fsp3) is 0.500. The fourth-order valence-electron chi connectivity index (χ4n) is 5.97. The Labute approximate surface area is 226 Å². The molecule has 1 saturated heterocycles. The number of rotatable bonds is 7. The van der Waals surface area contributed by atoms with Gasteiger partial charge in [0.25, 0.3) is 5.56 Å². The van der Waals surface area contributed by atoms with Crippen LogP contribution in [0.5, 0.6) is 5.75 Å². The molecule has 1 aliphatic heterocycles. The molecule has 2 amide bonds. The average molecular weight is 538 g/mol. The van der Waals surface area contributed by atoms with E-state index in [1.807, 2.05) is 0 Å². The van der Waals surface area contributed by atoms with Crippen LogP contribution in [-0.2, 0) is 9.59 Å². The van der Waals surface area contributed by atoms with Crippen molar-refractivity contribution in [1.82, 2.24) is 20.3 Å². The van der Waals surface area contributed by atoms with Crippen molar-refractivity contribution in [3.05, 3.63) is 51.4 Å². The molecule has 0 spiro atoms. The van der Waals surface area contributed by atoms with E-state index in [9.17, 15) is 19.6 Å². The lowest BCUT2D eigenvalue weighted by Crippen LogP contribution is -2.48. The Morgan fingerprint density at radius 2 is 2.03 bits per heavy atom. The molecule has 1 aromatic carbocycles. The first-order valence-electron chi connectivity index (χ1n) is 13.1. The van der Waals surface area contributed by atoms with Crippen LogP contribution in [0.15, 0.2) is 35.3 Å². The number of aromatic nitrogens is 1. The van der Waals surface area contributed by atoms with Gasteiger partial charge in [-0.3, -0.25) is 24.0 Å². The lowest BCUT2D eigenvalue weighted by Gasteiger charge is -2.34. The molecule has 10 heteroatoms. The lowest BCUT2D eigenvalue weighted by molar-refractivity contribution is -0.131. The summed E-state index contributed by atoms with van der Waals surface area (Å²) in [6.07, 6.45) is 7.42. The van der Waals surface area contributed by atoms with Gasteiger partial charge in [0.15, 0.2) is 0 Å². The lowest BCUT2D eigenvalue weighted by atomic mass is 9.80. The number of halogens is 1. The van der Waals surface area contributed by atoms with E-state index in [1.165, 1.54) is 17.7 Å². The number of hydrogen-bond acceptors (Lipinski definition) is 6. The Hall–Kier alpha value is -3.35. The van der Waals surface area contributed by atoms with Crippen LogP contribution in [0.3, 0.4) is 0 Å². The summed E-state index contributed by atoms with van der Waals surface area (Å²) in [5, 5.41) is 14.8. The number of pyridine rings is 1. The van der Waals surface area contributed by atoms with E-state index >= 15 is 0 Å². The van der Waals surface area contributed by atoms with Gasteiger partial charge in [0.2, 0.25) is 11.8 Å². The van der Waals surface area contributed by atoms with Crippen molar-refractivity contribution in [2.75, 3.05) is 14.2 Å². The minimum atomic E-state index is -0.691. The fourth-order valence-corrected chi connectivity index (χ4v) is 6.14. The molecule has 9 nitrogen and oxygen atoms in total. The third kappa shape index (κ3) is 5.03. The predicted octanol–water partition coefficient (Wildman–Crippen LogP) is 3.41. The highest BCUT2D eigenvalue weighted by Gasteiger charge is 2.43. The second-order valence-electron chi connectivity index (χ2n) is 10.6. The molecule has 2 N–H and O–H groups in total. The van der Waals surface area contributed by atoms with E-state index in [2.05, 4.69) is 16.8 Å². The number of methoxy groups -OCH3 is 1. The Bertz CT molecular complexity index is 1350. The van der Waals surface area contributed by atoms with Crippen LogP contribution in [0.25, 0.3) is 11.1 Å². The molecule has 2 saturated carbocycles. The van der Waals surface area contributed by atoms with E-state index in [1.54, 1.807) is 36.5 Å². The first-order chi connectivity index (χ1) is 18.3. The van der Waals surface area contributed by atoms with Crippen molar-refractivity contribution in [3.8, 4) is 22.9 Å². The van der Waals surface area contributed by atoms with E-state index in [0.717, 1.165) is 19.3 Å². The second-order valence-corrected chi connectivity index (χ2v) is 11.0. The first kappa shape index (κ1) is 26.3. The van der Waals surface area contributed by atoms with E-state index in [4.69, 9.17) is 16.3 Å². The summed E-state index contributed by atoms with van der Waals surface area (Å²) in [6, 6.07) is 7.65. The van der Waals surface area contributed by atoms with Crippen LogP contribution in [0, 0.1) is 23.2 Å². The summed E-state index contributed by atoms with van der Waals surface area (Å²) < 4.78 is 7.10. The Morgan fingerprint density at radius 1 is 1.24 bits per heavy atom. The first-order valence-corrected chi connectivity index (χ1v) is 13.5. The van der Waals surface area contributed by atoms with Gasteiger partial charge in [-0.2, -0.15) is 5.26 Å². The smallest absolute Gasteiger partial charge is 0.252 e. The highest BCUT2D eigenvalue weighted by Crippen LogP contribution is 2.37. The molecule has 4 unspecified atom stereocenters. The second kappa shape index (κ2) is 10.8. The minimum absolute atomic E-state index is 0.00533. The van der Waals surface area contributed by atoms with Crippen LogP contribution in [0.2, 0.25) is 5.02 Å². The van der Waals surface area contributed by atoms with Crippen LogP contribution in [0.4, 0.5) is 0 Å². The standard InChI is InChI=1S/C28H32ClN5O4/c1-33-28(37)20-9-8-19(12-23(20)32-33)31-27(36)24(10-16-4-3-5-16)34-15-25(38-2)22(13-26(34)35)21-11-18(29)7-6-17(21)14-30/h6-7,11,13,15-16,19-20,23-24,32H,3-5,8-10,12H2,1-2H3,(H,31,36). The van der Waals surface area contributed by atoms with Gasteiger partial charge in [0, 0.05) is 41.3 Å². The van der Waals surface area contributed by atoms with Gasteiger partial charge < -0.3 is 10.1 Å². The largest absolute Gasteiger partial charge is 0.495 e. The Kier molecular flexibility index (Phi) is 7.46. The van der Waals surface area contributed by atoms with Gasteiger partial charge in [-0.05, 0) is 49.8 Å². The number of carbonyl (C=O) groups excluding carboxylic acids is 2. The third-order valence-corrected chi connectivity index (χ3v) is 8.52. The molecule has 2 heterocycles. The zero-order valence-corrected chi connectivity index (χ0v) is 22.3. The zero-order chi connectivity index (χ0) is 27.0. The Morgan fingerprint density at radius 3 is 2.71 bits per heavy atom. The van der Waals surface area contributed by atoms with Gasteiger partial charge in [0.05, 0.1) is 30.9 Å². The number of hydrogen-bond donors (Lipinski definition) is 2. The predicted molar refractivity (Wildman–Crippen MR) is 142 cm³/mol. The zero-order valence-electron chi connectivity index (χ0n) is 21.6. The highest BCUT2D eigenvalue weighted by molar-refractivity contribution is 6.31. The van der Waals surface area contributed by atoms with Crippen molar-refractivity contribution >= 4 is 23.4 Å². The number of amides is 2. The highest BCUT2D eigenvalue weighted by atomic mass is 35.5. The summed E-state index contributed by atoms with van der Waals surface area (Å²) in [4.78, 5) is 39.5. The molecule has 2 aliphatic carbocycles. The van der Waals surface area contributed by atoms with Crippen LogP contribution in [0.1, 0.15) is 56.6 Å². The number of hydrazine groups is 1. The minimum Gasteiger partial charge on any atom is -0.495 e. The maximum Gasteiger partial charge on any atom is 0.252 e. The topological polar surface area (TPSA) is 116 Å². The molecule has 3 fully saturated rings. The van der Waals surface area contributed by atoms with Crippen molar-refractivity contribution in [2.45, 2.75) is 63.1 Å².